The largest absolute Gasteiger partial charge is 0.368 e. The average Bonchev–Trinajstić information content (AvgIpc) is 3.10. The molecular formula is C20H29NO. The Kier molecular flexibility index (Phi) is 3.39. The Bertz CT molecular complexity index is 542. The van der Waals surface area contributed by atoms with Gasteiger partial charge in [0.1, 0.15) is 0 Å². The fraction of sp³-hybridized carbons (Fsp3) is 0.700. The maximum Gasteiger partial charge on any atom is 0.0881 e. The molecule has 0 radical (unpaired) electrons. The van der Waals surface area contributed by atoms with E-state index in [4.69, 9.17) is 4.74 Å². The molecule has 1 aromatic rings. The highest BCUT2D eigenvalue weighted by molar-refractivity contribution is 5.21. The summed E-state index contributed by atoms with van der Waals surface area (Å²) in [5, 5.41) is 0. The molecule has 1 saturated carbocycles. The molecule has 0 bridgehead atoms. The van der Waals surface area contributed by atoms with E-state index in [0.29, 0.717) is 17.4 Å². The van der Waals surface area contributed by atoms with E-state index in [9.17, 15) is 0 Å². The van der Waals surface area contributed by atoms with Gasteiger partial charge < -0.3 is 4.74 Å². The molecule has 0 amide bonds. The van der Waals surface area contributed by atoms with Crippen LogP contribution in [0.25, 0.3) is 0 Å². The molecule has 4 rings (SSSR count). The molecule has 2 heterocycles. The van der Waals surface area contributed by atoms with Gasteiger partial charge in [-0.3, -0.25) is 4.90 Å². The summed E-state index contributed by atoms with van der Waals surface area (Å²) in [4.78, 5) is 2.76. The molecule has 2 saturated heterocycles. The highest BCUT2D eigenvalue weighted by atomic mass is 16.5. The van der Waals surface area contributed by atoms with Crippen LogP contribution in [0.15, 0.2) is 30.3 Å². The summed E-state index contributed by atoms with van der Waals surface area (Å²) in [6.07, 6.45) is 4.16. The van der Waals surface area contributed by atoms with Crippen molar-refractivity contribution in [2.24, 2.45) is 17.8 Å². The second-order valence-corrected chi connectivity index (χ2v) is 8.15. The summed E-state index contributed by atoms with van der Waals surface area (Å²) in [6.45, 7) is 10.4. The van der Waals surface area contributed by atoms with Gasteiger partial charge in [-0.2, -0.15) is 0 Å². The number of hydrogen-bond acceptors (Lipinski definition) is 2. The van der Waals surface area contributed by atoms with E-state index in [0.717, 1.165) is 19.1 Å². The van der Waals surface area contributed by atoms with E-state index < -0.39 is 0 Å². The summed E-state index contributed by atoms with van der Waals surface area (Å²) in [5.41, 5.74) is 1.75. The van der Waals surface area contributed by atoms with Gasteiger partial charge in [0.2, 0.25) is 0 Å². The lowest BCUT2D eigenvalue weighted by molar-refractivity contribution is -0.111. The lowest BCUT2D eigenvalue weighted by Crippen LogP contribution is -2.48. The zero-order valence-electron chi connectivity index (χ0n) is 14.2. The summed E-state index contributed by atoms with van der Waals surface area (Å²) in [5.74, 6) is 2.18. The molecule has 0 spiro atoms. The van der Waals surface area contributed by atoms with Crippen molar-refractivity contribution in [2.75, 3.05) is 13.1 Å². The highest BCUT2D eigenvalue weighted by Gasteiger charge is 2.67. The first-order chi connectivity index (χ1) is 10.6. The first-order valence-corrected chi connectivity index (χ1v) is 9.00. The van der Waals surface area contributed by atoms with E-state index in [-0.39, 0.29) is 5.60 Å². The van der Waals surface area contributed by atoms with Gasteiger partial charge in [-0.25, -0.2) is 0 Å². The predicted octanol–water partition coefficient (Wildman–Crippen LogP) is 4.10. The van der Waals surface area contributed by atoms with Crippen molar-refractivity contribution >= 4 is 0 Å². The number of nitrogens with zero attached hydrogens (tertiary/aromatic N) is 1. The number of rotatable bonds is 4. The Morgan fingerprint density at radius 3 is 2.68 bits per heavy atom. The van der Waals surface area contributed by atoms with Crippen molar-refractivity contribution in [1.29, 1.82) is 0 Å². The van der Waals surface area contributed by atoms with Crippen LogP contribution < -0.4 is 0 Å². The highest BCUT2D eigenvalue weighted by Crippen LogP contribution is 2.61. The molecule has 22 heavy (non-hydrogen) atoms. The Labute approximate surface area is 134 Å². The van der Waals surface area contributed by atoms with Crippen molar-refractivity contribution in [1.82, 2.24) is 4.90 Å². The maximum absolute atomic E-state index is 6.73. The van der Waals surface area contributed by atoms with Crippen LogP contribution in [0.2, 0.25) is 0 Å². The van der Waals surface area contributed by atoms with Gasteiger partial charge in [-0.15, -0.1) is 0 Å². The van der Waals surface area contributed by atoms with Crippen LogP contribution in [-0.4, -0.2) is 29.1 Å². The van der Waals surface area contributed by atoms with Crippen LogP contribution in [0, 0.1) is 17.8 Å². The monoisotopic (exact) mass is 299 g/mol. The van der Waals surface area contributed by atoms with Crippen LogP contribution in [0.1, 0.15) is 45.6 Å². The minimum Gasteiger partial charge on any atom is -0.368 e. The topological polar surface area (TPSA) is 12.5 Å². The molecule has 0 aromatic heterocycles. The lowest BCUT2D eigenvalue weighted by Gasteiger charge is -2.40. The lowest BCUT2D eigenvalue weighted by atomic mass is 9.73. The van der Waals surface area contributed by atoms with Crippen LogP contribution >= 0.6 is 0 Å². The number of ether oxygens (including phenoxy) is 1. The van der Waals surface area contributed by atoms with E-state index in [2.05, 4.69) is 56.0 Å². The van der Waals surface area contributed by atoms with Gasteiger partial charge in [0.25, 0.3) is 0 Å². The molecule has 0 N–H and O–H groups in total. The van der Waals surface area contributed by atoms with Crippen LogP contribution in [0.4, 0.5) is 0 Å². The molecule has 1 aromatic carbocycles. The fourth-order valence-electron chi connectivity index (χ4n) is 5.79. The summed E-state index contributed by atoms with van der Waals surface area (Å²) in [6, 6.07) is 10.7. The first-order valence-electron chi connectivity index (χ1n) is 9.00. The van der Waals surface area contributed by atoms with Crippen molar-refractivity contribution in [3.63, 3.8) is 0 Å². The second-order valence-electron chi connectivity index (χ2n) is 8.15. The molecular weight excluding hydrogens is 270 g/mol. The van der Waals surface area contributed by atoms with E-state index in [1.165, 1.54) is 31.4 Å². The minimum atomic E-state index is 0.0414. The number of benzene rings is 1. The zero-order valence-corrected chi connectivity index (χ0v) is 14.2. The Morgan fingerprint density at radius 2 is 1.95 bits per heavy atom. The minimum absolute atomic E-state index is 0.0414. The molecule has 2 heteroatoms. The summed E-state index contributed by atoms with van der Waals surface area (Å²) >= 11 is 0. The van der Waals surface area contributed by atoms with E-state index >= 15 is 0 Å². The van der Waals surface area contributed by atoms with Crippen LogP contribution in [0.3, 0.4) is 0 Å². The average molecular weight is 299 g/mol. The molecule has 1 aliphatic carbocycles. The molecule has 0 unspecified atom stereocenters. The van der Waals surface area contributed by atoms with Gasteiger partial charge >= 0.3 is 0 Å². The fourth-order valence-corrected chi connectivity index (χ4v) is 5.79. The van der Waals surface area contributed by atoms with E-state index in [1.54, 1.807) is 0 Å². The maximum atomic E-state index is 6.73. The molecule has 2 nitrogen and oxygen atoms in total. The number of hydrogen-bond donors (Lipinski definition) is 0. The summed E-state index contributed by atoms with van der Waals surface area (Å²) < 4.78 is 6.73. The third-order valence-corrected chi connectivity index (χ3v) is 7.12. The molecule has 3 aliphatic rings. The van der Waals surface area contributed by atoms with Crippen molar-refractivity contribution < 1.29 is 4.74 Å². The smallest absolute Gasteiger partial charge is 0.0881 e. The standard InChI is InChI=1S/C20H29NO/c1-15(2)20(22-13-16-7-5-4-6-8-16)14-21-12-11-17-9-10-18(20)19(17,21)3/h4-8,15,17-18H,9-14H2,1-3H3/t17-,18-,19+,20-/m0/s1. The van der Waals surface area contributed by atoms with Gasteiger partial charge in [-0.05, 0) is 50.1 Å². The Hall–Kier alpha value is -0.860. The Morgan fingerprint density at radius 1 is 1.18 bits per heavy atom. The zero-order chi connectivity index (χ0) is 15.4. The van der Waals surface area contributed by atoms with Gasteiger partial charge in [0.05, 0.1) is 12.2 Å². The normalized spacial score (nSPS) is 40.5. The third-order valence-electron chi connectivity index (χ3n) is 7.12. The van der Waals surface area contributed by atoms with Crippen molar-refractivity contribution in [3.8, 4) is 0 Å². The molecule has 3 fully saturated rings. The SMILES string of the molecule is CC(C)[C@@]1(OCc2ccccc2)CN2CC[C@@H]3CC[C@H]1[C@@]32C. The van der Waals surface area contributed by atoms with Crippen LogP contribution in [-0.2, 0) is 11.3 Å². The van der Waals surface area contributed by atoms with E-state index in [1.807, 2.05) is 0 Å². The van der Waals surface area contributed by atoms with Crippen LogP contribution in [0.5, 0.6) is 0 Å². The van der Waals surface area contributed by atoms with Crippen molar-refractivity contribution in [3.05, 3.63) is 35.9 Å². The van der Waals surface area contributed by atoms with Gasteiger partial charge in [0, 0.05) is 18.0 Å². The van der Waals surface area contributed by atoms with Gasteiger partial charge in [0.15, 0.2) is 0 Å². The Balaban J connectivity index is 1.62. The molecule has 4 atom stereocenters. The van der Waals surface area contributed by atoms with Gasteiger partial charge in [-0.1, -0.05) is 44.2 Å². The second kappa shape index (κ2) is 5.07. The van der Waals surface area contributed by atoms with Crippen molar-refractivity contribution in [2.45, 2.75) is 57.8 Å². The molecule has 120 valence electrons. The molecule has 2 aliphatic heterocycles. The first kappa shape index (κ1) is 14.7. The third kappa shape index (κ3) is 1.86. The summed E-state index contributed by atoms with van der Waals surface area (Å²) in [7, 11) is 0. The quantitative estimate of drug-likeness (QED) is 0.830. The predicted molar refractivity (Wildman–Crippen MR) is 89.6 cm³/mol.